The summed E-state index contributed by atoms with van der Waals surface area (Å²) in [5.74, 6) is 0.800. The second kappa shape index (κ2) is 10.1. The summed E-state index contributed by atoms with van der Waals surface area (Å²) in [7, 11) is 1.52. The van der Waals surface area contributed by atoms with E-state index in [-0.39, 0.29) is 17.9 Å². The van der Waals surface area contributed by atoms with E-state index < -0.39 is 0 Å². The minimum atomic E-state index is -0.332. The van der Waals surface area contributed by atoms with Crippen LogP contribution in [-0.4, -0.2) is 30.0 Å². The van der Waals surface area contributed by atoms with Crippen molar-refractivity contribution in [2.24, 2.45) is 0 Å². The molecule has 2 amide bonds. The predicted molar refractivity (Wildman–Crippen MR) is 123 cm³/mol. The first-order valence-corrected chi connectivity index (χ1v) is 10.3. The Balaban J connectivity index is 1.72. The van der Waals surface area contributed by atoms with Gasteiger partial charge >= 0.3 is 0 Å². The molecule has 1 aromatic heterocycles. The molecule has 3 rings (SSSR count). The third-order valence-corrected chi connectivity index (χ3v) is 4.61. The summed E-state index contributed by atoms with van der Waals surface area (Å²) in [6, 6.07) is 15.1. The van der Waals surface area contributed by atoms with Crippen LogP contribution in [0.25, 0.3) is 0 Å². The summed E-state index contributed by atoms with van der Waals surface area (Å²) in [6.45, 7) is 3.83. The van der Waals surface area contributed by atoms with E-state index in [9.17, 15) is 9.59 Å². The van der Waals surface area contributed by atoms with Crippen molar-refractivity contribution in [1.82, 2.24) is 4.98 Å². The van der Waals surface area contributed by atoms with E-state index >= 15 is 0 Å². The van der Waals surface area contributed by atoms with E-state index in [1.54, 1.807) is 60.8 Å². The molecule has 2 N–H and O–H groups in total. The zero-order chi connectivity index (χ0) is 22.4. The van der Waals surface area contributed by atoms with Gasteiger partial charge in [0.05, 0.1) is 13.2 Å². The number of ether oxygens (including phenoxy) is 2. The van der Waals surface area contributed by atoms with Gasteiger partial charge in [-0.2, -0.15) is 0 Å². The molecule has 8 heteroatoms. The number of rotatable bonds is 7. The van der Waals surface area contributed by atoms with Crippen LogP contribution in [0.4, 0.5) is 11.5 Å². The van der Waals surface area contributed by atoms with Crippen LogP contribution >= 0.6 is 15.9 Å². The maximum absolute atomic E-state index is 12.7. The molecule has 0 bridgehead atoms. The minimum absolute atomic E-state index is 0.0185. The number of pyridine rings is 1. The Kier molecular flexibility index (Phi) is 7.25. The molecular weight excluding hydrogens is 462 g/mol. The molecule has 0 saturated carbocycles. The SMILES string of the molecule is COc1cc(C(=O)Nc2cccc(C(=O)Nc3ccc(Br)cn3)c2)ccc1OC(C)C. The van der Waals surface area contributed by atoms with Crippen molar-refractivity contribution in [1.29, 1.82) is 0 Å². The van der Waals surface area contributed by atoms with Crippen molar-refractivity contribution < 1.29 is 19.1 Å². The highest BCUT2D eigenvalue weighted by molar-refractivity contribution is 9.10. The van der Waals surface area contributed by atoms with Crippen LogP contribution in [0, 0.1) is 0 Å². The van der Waals surface area contributed by atoms with E-state index in [4.69, 9.17) is 9.47 Å². The van der Waals surface area contributed by atoms with Crippen LogP contribution in [0.2, 0.25) is 0 Å². The van der Waals surface area contributed by atoms with Crippen LogP contribution in [0.5, 0.6) is 11.5 Å². The number of carbonyl (C=O) groups is 2. The third kappa shape index (κ3) is 6.05. The molecule has 3 aromatic rings. The lowest BCUT2D eigenvalue weighted by atomic mass is 10.1. The van der Waals surface area contributed by atoms with Gasteiger partial charge in [0.2, 0.25) is 0 Å². The van der Waals surface area contributed by atoms with Gasteiger partial charge in [-0.1, -0.05) is 6.07 Å². The van der Waals surface area contributed by atoms with Crippen molar-refractivity contribution in [2.45, 2.75) is 20.0 Å². The molecule has 160 valence electrons. The van der Waals surface area contributed by atoms with E-state index in [1.807, 2.05) is 13.8 Å². The van der Waals surface area contributed by atoms with Crippen molar-refractivity contribution in [3.63, 3.8) is 0 Å². The van der Waals surface area contributed by atoms with Gasteiger partial charge in [-0.25, -0.2) is 4.98 Å². The number of hydrogen-bond donors (Lipinski definition) is 2. The lowest BCUT2D eigenvalue weighted by Crippen LogP contribution is -2.15. The molecule has 0 aliphatic rings. The zero-order valence-electron chi connectivity index (χ0n) is 17.3. The molecule has 0 aliphatic heterocycles. The highest BCUT2D eigenvalue weighted by Gasteiger charge is 2.14. The van der Waals surface area contributed by atoms with E-state index in [0.29, 0.717) is 34.1 Å². The minimum Gasteiger partial charge on any atom is -0.493 e. The highest BCUT2D eigenvalue weighted by atomic mass is 79.9. The zero-order valence-corrected chi connectivity index (χ0v) is 18.9. The Morgan fingerprint density at radius 3 is 2.35 bits per heavy atom. The van der Waals surface area contributed by atoms with Crippen molar-refractivity contribution in [2.75, 3.05) is 17.7 Å². The first-order chi connectivity index (χ1) is 14.9. The van der Waals surface area contributed by atoms with Crippen molar-refractivity contribution in [3.05, 3.63) is 76.4 Å². The molecule has 0 radical (unpaired) electrons. The molecule has 0 atom stereocenters. The van der Waals surface area contributed by atoms with E-state index in [1.165, 1.54) is 7.11 Å². The molecule has 0 saturated heterocycles. The van der Waals surface area contributed by atoms with Gasteiger partial charge in [0, 0.05) is 27.5 Å². The largest absolute Gasteiger partial charge is 0.493 e. The summed E-state index contributed by atoms with van der Waals surface area (Å²) in [5.41, 5.74) is 1.28. The van der Waals surface area contributed by atoms with Crippen LogP contribution in [0.15, 0.2) is 65.3 Å². The lowest BCUT2D eigenvalue weighted by molar-refractivity contribution is 0.101. The first kappa shape index (κ1) is 22.3. The number of hydrogen-bond acceptors (Lipinski definition) is 5. The fraction of sp³-hybridized carbons (Fsp3) is 0.174. The third-order valence-electron chi connectivity index (χ3n) is 4.14. The molecule has 1 heterocycles. The number of anilines is 2. The molecule has 0 unspecified atom stereocenters. The summed E-state index contributed by atoms with van der Waals surface area (Å²) in [6.07, 6.45) is 1.58. The summed E-state index contributed by atoms with van der Waals surface area (Å²) in [5, 5.41) is 5.52. The van der Waals surface area contributed by atoms with Crippen LogP contribution in [-0.2, 0) is 0 Å². The monoisotopic (exact) mass is 483 g/mol. The Morgan fingerprint density at radius 2 is 1.68 bits per heavy atom. The molecule has 0 aliphatic carbocycles. The number of amides is 2. The quantitative estimate of drug-likeness (QED) is 0.485. The average molecular weight is 484 g/mol. The van der Waals surface area contributed by atoms with E-state index in [2.05, 4.69) is 31.5 Å². The van der Waals surface area contributed by atoms with E-state index in [0.717, 1.165) is 4.47 Å². The smallest absolute Gasteiger partial charge is 0.256 e. The number of aromatic nitrogens is 1. The molecule has 0 spiro atoms. The Morgan fingerprint density at radius 1 is 0.935 bits per heavy atom. The average Bonchev–Trinajstić information content (AvgIpc) is 2.75. The molecule has 2 aromatic carbocycles. The maximum atomic E-state index is 12.7. The second-order valence-electron chi connectivity index (χ2n) is 6.88. The Labute approximate surface area is 188 Å². The molecular formula is C23H22BrN3O4. The lowest BCUT2D eigenvalue weighted by Gasteiger charge is -2.14. The van der Waals surface area contributed by atoms with Gasteiger partial charge in [-0.15, -0.1) is 0 Å². The van der Waals surface area contributed by atoms with Gasteiger partial charge in [0.15, 0.2) is 11.5 Å². The maximum Gasteiger partial charge on any atom is 0.256 e. The van der Waals surface area contributed by atoms with Gasteiger partial charge in [0.1, 0.15) is 5.82 Å². The van der Waals surface area contributed by atoms with Crippen molar-refractivity contribution in [3.8, 4) is 11.5 Å². The molecule has 7 nitrogen and oxygen atoms in total. The second-order valence-corrected chi connectivity index (χ2v) is 7.80. The number of nitrogens with zero attached hydrogens (tertiary/aromatic N) is 1. The normalized spacial score (nSPS) is 10.5. The van der Waals surface area contributed by atoms with Crippen molar-refractivity contribution >= 4 is 39.2 Å². The number of halogens is 1. The fourth-order valence-corrected chi connectivity index (χ4v) is 2.97. The van der Waals surface area contributed by atoms with Crippen LogP contribution in [0.1, 0.15) is 34.6 Å². The van der Waals surface area contributed by atoms with Gasteiger partial charge in [0.25, 0.3) is 11.8 Å². The summed E-state index contributed by atoms with van der Waals surface area (Å²) < 4.78 is 11.8. The van der Waals surface area contributed by atoms with Crippen LogP contribution in [0.3, 0.4) is 0 Å². The van der Waals surface area contributed by atoms with Gasteiger partial charge < -0.3 is 20.1 Å². The topological polar surface area (TPSA) is 89.5 Å². The predicted octanol–water partition coefficient (Wildman–Crippen LogP) is 5.14. The van der Waals surface area contributed by atoms with Crippen LogP contribution < -0.4 is 20.1 Å². The standard InChI is InChI=1S/C23H22BrN3O4/c1-14(2)31-19-9-7-16(12-20(19)30-3)22(28)26-18-6-4-5-15(11-18)23(29)27-21-10-8-17(24)13-25-21/h4-14H,1-3H3,(H,26,28)(H,25,27,29). The number of methoxy groups -OCH3 is 1. The van der Waals surface area contributed by atoms with Gasteiger partial charge in [-0.3, -0.25) is 9.59 Å². The summed E-state index contributed by atoms with van der Waals surface area (Å²) in [4.78, 5) is 29.3. The number of carbonyl (C=O) groups excluding carboxylic acids is 2. The van der Waals surface area contributed by atoms with Gasteiger partial charge in [-0.05, 0) is 78.3 Å². The Hall–Kier alpha value is -3.39. The fourth-order valence-electron chi connectivity index (χ4n) is 2.74. The first-order valence-electron chi connectivity index (χ1n) is 9.54. The molecule has 0 fully saturated rings. The highest BCUT2D eigenvalue weighted by Crippen LogP contribution is 2.29. The number of nitrogens with one attached hydrogen (secondary N) is 2. The summed E-state index contributed by atoms with van der Waals surface area (Å²) >= 11 is 3.30. The number of benzene rings is 2. The molecule has 31 heavy (non-hydrogen) atoms. The Bertz CT molecular complexity index is 1080.